The van der Waals surface area contributed by atoms with E-state index in [1.807, 2.05) is 0 Å². The highest BCUT2D eigenvalue weighted by Crippen LogP contribution is 2.44. The van der Waals surface area contributed by atoms with Gasteiger partial charge in [0.1, 0.15) is 17.3 Å². The van der Waals surface area contributed by atoms with Crippen molar-refractivity contribution < 1.29 is 33.3 Å². The molecule has 0 spiro atoms. The van der Waals surface area contributed by atoms with Crippen molar-refractivity contribution in [3.63, 3.8) is 0 Å². The minimum absolute atomic E-state index is 0.0203. The summed E-state index contributed by atoms with van der Waals surface area (Å²) in [4.78, 5) is 39.4. The number of amides is 1. The second-order valence-electron chi connectivity index (χ2n) is 7.57. The fourth-order valence-electron chi connectivity index (χ4n) is 3.98. The first kappa shape index (κ1) is 26.6. The number of methoxy groups -OCH3 is 3. The summed E-state index contributed by atoms with van der Waals surface area (Å²) in [7, 11) is 3.71. The first-order valence-corrected chi connectivity index (χ1v) is 11.1. The molecule has 0 saturated heterocycles. The monoisotopic (exact) mass is 506 g/mol. The molecule has 0 saturated carbocycles. The predicted molar refractivity (Wildman–Crippen MR) is 133 cm³/mol. The van der Waals surface area contributed by atoms with Crippen LogP contribution in [0.2, 0.25) is 0 Å². The largest absolute Gasteiger partial charge is 0.494 e. The van der Waals surface area contributed by atoms with Crippen LogP contribution in [0, 0.1) is 11.3 Å². The number of hydrogen-bond donors (Lipinski definition) is 2. The van der Waals surface area contributed by atoms with Crippen molar-refractivity contribution in [2.75, 3.05) is 38.2 Å². The highest BCUT2D eigenvalue weighted by atomic mass is 16.5. The summed E-state index contributed by atoms with van der Waals surface area (Å²) >= 11 is 0. The van der Waals surface area contributed by atoms with Gasteiger partial charge in [0.25, 0.3) is 0 Å². The van der Waals surface area contributed by atoms with Gasteiger partial charge in [-0.1, -0.05) is 30.3 Å². The Balaban J connectivity index is 2.30. The Kier molecular flexibility index (Phi) is 8.37. The number of ether oxygens (including phenoxy) is 4. The van der Waals surface area contributed by atoms with Gasteiger partial charge < -0.3 is 24.7 Å². The lowest BCUT2D eigenvalue weighted by molar-refractivity contribution is -0.139. The molecule has 1 atom stereocenters. The topological polar surface area (TPSA) is 153 Å². The molecule has 11 nitrogen and oxygen atoms in total. The van der Waals surface area contributed by atoms with Gasteiger partial charge in [0, 0.05) is 6.07 Å². The van der Waals surface area contributed by atoms with Crippen LogP contribution in [0.1, 0.15) is 18.4 Å². The molecule has 3 N–H and O–H groups in total. The number of nitrogens with zero attached hydrogens (tertiary/aromatic N) is 2. The number of esters is 2. The Morgan fingerprint density at radius 1 is 1.05 bits per heavy atom. The number of nitriles is 1. The maximum Gasteiger partial charge on any atom is 0.411 e. The number of nitrogens with two attached hydrogens (primary N) is 1. The molecule has 2 aromatic carbocycles. The number of rotatable bonds is 7. The van der Waals surface area contributed by atoms with E-state index in [1.54, 1.807) is 37.3 Å². The Morgan fingerprint density at radius 3 is 2.30 bits per heavy atom. The van der Waals surface area contributed by atoms with Gasteiger partial charge in [0.05, 0.1) is 62.4 Å². The lowest BCUT2D eigenvalue weighted by atomic mass is 9.81. The lowest BCUT2D eigenvalue weighted by Gasteiger charge is -2.36. The van der Waals surface area contributed by atoms with E-state index in [4.69, 9.17) is 24.7 Å². The highest BCUT2D eigenvalue weighted by molar-refractivity contribution is 6.06. The van der Waals surface area contributed by atoms with E-state index in [1.165, 1.54) is 37.3 Å². The van der Waals surface area contributed by atoms with Crippen LogP contribution >= 0.6 is 0 Å². The van der Waals surface area contributed by atoms with Crippen molar-refractivity contribution >= 4 is 29.4 Å². The smallest absolute Gasteiger partial charge is 0.411 e. The molecule has 1 heterocycles. The maximum absolute atomic E-state index is 13.1. The molecule has 11 heteroatoms. The minimum Gasteiger partial charge on any atom is -0.494 e. The normalized spacial score (nSPS) is 15.0. The molecular formula is C26H26N4O7. The van der Waals surface area contributed by atoms with E-state index in [9.17, 15) is 19.6 Å². The molecule has 1 amide bonds. The van der Waals surface area contributed by atoms with Gasteiger partial charge in [0.2, 0.25) is 0 Å². The van der Waals surface area contributed by atoms with Crippen molar-refractivity contribution in [1.82, 2.24) is 0 Å². The quantitative estimate of drug-likeness (QED) is 0.423. The number of nitrogens with one attached hydrogen (secondary N) is 1. The predicted octanol–water partition coefficient (Wildman–Crippen LogP) is 3.16. The molecule has 37 heavy (non-hydrogen) atoms. The summed E-state index contributed by atoms with van der Waals surface area (Å²) in [5.41, 5.74) is 7.24. The number of anilines is 2. The zero-order valence-electron chi connectivity index (χ0n) is 20.7. The number of benzene rings is 2. The third kappa shape index (κ3) is 5.18. The van der Waals surface area contributed by atoms with E-state index in [0.29, 0.717) is 5.56 Å². The van der Waals surface area contributed by atoms with Crippen molar-refractivity contribution in [1.29, 1.82) is 5.26 Å². The second-order valence-corrected chi connectivity index (χ2v) is 7.57. The zero-order chi connectivity index (χ0) is 27.1. The van der Waals surface area contributed by atoms with Crippen LogP contribution < -0.4 is 20.7 Å². The molecule has 0 radical (unpaired) electrons. The SMILES string of the molecule is CCOC(=O)Nc1ccc(N2C(N)=C(C#N)C(c3ccccc3)C(C(=O)OC)=C2C(=O)OC)cc1OC. The van der Waals surface area contributed by atoms with Crippen LogP contribution in [0.15, 0.2) is 71.2 Å². The third-order valence-corrected chi connectivity index (χ3v) is 5.57. The third-order valence-electron chi connectivity index (χ3n) is 5.57. The minimum atomic E-state index is -0.990. The Labute approximate surface area is 213 Å². The van der Waals surface area contributed by atoms with Crippen LogP contribution in [0.4, 0.5) is 16.2 Å². The van der Waals surface area contributed by atoms with Crippen molar-refractivity contribution in [2.45, 2.75) is 12.8 Å². The Hall–Kier alpha value is -4.98. The molecule has 1 unspecified atom stereocenters. The molecule has 3 rings (SSSR count). The van der Waals surface area contributed by atoms with Crippen molar-refractivity contribution in [3.8, 4) is 11.8 Å². The van der Waals surface area contributed by atoms with Gasteiger partial charge in [-0.2, -0.15) is 5.26 Å². The molecular weight excluding hydrogens is 480 g/mol. The summed E-state index contributed by atoms with van der Waals surface area (Å²) in [6.07, 6.45) is -0.688. The second kappa shape index (κ2) is 11.6. The highest BCUT2D eigenvalue weighted by Gasteiger charge is 2.43. The maximum atomic E-state index is 13.1. The first-order chi connectivity index (χ1) is 17.8. The van der Waals surface area contributed by atoms with Crippen LogP contribution in [0.5, 0.6) is 5.75 Å². The fraction of sp³-hybridized carbons (Fsp3) is 0.231. The van der Waals surface area contributed by atoms with Crippen LogP contribution in [0.3, 0.4) is 0 Å². The molecule has 0 fully saturated rings. The number of hydrogen-bond acceptors (Lipinski definition) is 10. The van der Waals surface area contributed by atoms with Crippen LogP contribution in [-0.4, -0.2) is 46.0 Å². The van der Waals surface area contributed by atoms with E-state index < -0.39 is 23.9 Å². The van der Waals surface area contributed by atoms with Gasteiger partial charge in [-0.15, -0.1) is 0 Å². The summed E-state index contributed by atoms with van der Waals surface area (Å²) in [6, 6.07) is 15.2. The molecule has 0 aromatic heterocycles. The summed E-state index contributed by atoms with van der Waals surface area (Å²) in [6.45, 7) is 1.84. The van der Waals surface area contributed by atoms with Crippen molar-refractivity contribution in [3.05, 3.63) is 76.8 Å². The Morgan fingerprint density at radius 2 is 1.73 bits per heavy atom. The van der Waals surface area contributed by atoms with E-state index in [0.717, 1.165) is 7.11 Å². The summed E-state index contributed by atoms with van der Waals surface area (Å²) in [5.74, 6) is -2.61. The average molecular weight is 507 g/mol. The first-order valence-electron chi connectivity index (χ1n) is 11.1. The van der Waals surface area contributed by atoms with Gasteiger partial charge in [-0.25, -0.2) is 14.4 Å². The van der Waals surface area contributed by atoms with Gasteiger partial charge in [0.15, 0.2) is 0 Å². The molecule has 2 aromatic rings. The van der Waals surface area contributed by atoms with E-state index in [2.05, 4.69) is 11.4 Å². The number of carbonyl (C=O) groups is 3. The van der Waals surface area contributed by atoms with Gasteiger partial charge >= 0.3 is 18.0 Å². The molecule has 0 aliphatic carbocycles. The van der Waals surface area contributed by atoms with E-state index in [-0.39, 0.29) is 46.4 Å². The molecule has 0 bridgehead atoms. The van der Waals surface area contributed by atoms with Crippen LogP contribution in [0.25, 0.3) is 0 Å². The van der Waals surface area contributed by atoms with Gasteiger partial charge in [-0.05, 0) is 24.6 Å². The lowest BCUT2D eigenvalue weighted by Crippen LogP contribution is -2.40. The number of allylic oxidation sites excluding steroid dienone is 1. The summed E-state index contributed by atoms with van der Waals surface area (Å²) in [5, 5.41) is 12.7. The Bertz CT molecular complexity index is 1310. The molecule has 1 aliphatic heterocycles. The zero-order valence-corrected chi connectivity index (χ0v) is 20.7. The number of carbonyl (C=O) groups excluding carboxylic acids is 3. The fourth-order valence-corrected chi connectivity index (χ4v) is 3.98. The average Bonchev–Trinajstić information content (AvgIpc) is 2.92. The van der Waals surface area contributed by atoms with Gasteiger partial charge in [-0.3, -0.25) is 10.2 Å². The van der Waals surface area contributed by atoms with E-state index >= 15 is 0 Å². The molecule has 192 valence electrons. The standard InChI is InChI=1S/C26H26N4O7/c1-5-37-26(33)29-18-12-11-16(13-19(18)34-2)30-22(25(32)36-4)21(24(31)35-3)20(17(14-27)23(30)28)15-9-7-6-8-10-15/h6-13,20H,5,28H2,1-4H3,(H,29,33). The van der Waals surface area contributed by atoms with Crippen molar-refractivity contribution in [2.24, 2.45) is 5.73 Å². The molecule has 1 aliphatic rings. The summed E-state index contributed by atoms with van der Waals surface area (Å²) < 4.78 is 20.4. The van der Waals surface area contributed by atoms with Crippen LogP contribution in [-0.2, 0) is 23.8 Å².